The highest BCUT2D eigenvalue weighted by molar-refractivity contribution is 5.30. The second-order valence-corrected chi connectivity index (χ2v) is 4.63. The van der Waals surface area contributed by atoms with Crippen molar-refractivity contribution in [2.45, 2.75) is 25.4 Å². The third kappa shape index (κ3) is 3.72. The van der Waals surface area contributed by atoms with E-state index in [0.717, 1.165) is 30.3 Å². The molecule has 1 aromatic carbocycles. The van der Waals surface area contributed by atoms with Gasteiger partial charge in [0.05, 0.1) is 12.7 Å². The van der Waals surface area contributed by atoms with Crippen molar-refractivity contribution in [3.63, 3.8) is 0 Å². The molecule has 1 aliphatic carbocycles. The Kier molecular flexibility index (Phi) is 4.40. The number of ether oxygens (including phenoxy) is 2. The lowest BCUT2D eigenvalue weighted by Crippen LogP contribution is -2.09. The summed E-state index contributed by atoms with van der Waals surface area (Å²) in [6.45, 7) is 1.48. The Balaban J connectivity index is 1.97. The zero-order chi connectivity index (χ0) is 12.1. The zero-order valence-corrected chi connectivity index (χ0v) is 10.4. The zero-order valence-electron chi connectivity index (χ0n) is 10.4. The molecule has 0 aromatic heterocycles. The first-order chi connectivity index (χ1) is 8.33. The highest BCUT2D eigenvalue weighted by Gasteiger charge is 2.22. The third-order valence-corrected chi connectivity index (χ3v) is 3.13. The Hall–Kier alpha value is -1.06. The molecule has 1 aromatic rings. The van der Waals surface area contributed by atoms with Gasteiger partial charge in [-0.2, -0.15) is 0 Å². The fourth-order valence-corrected chi connectivity index (χ4v) is 1.88. The molecule has 0 heterocycles. The van der Waals surface area contributed by atoms with Gasteiger partial charge in [0.15, 0.2) is 0 Å². The van der Waals surface area contributed by atoms with Gasteiger partial charge in [-0.05, 0) is 49.4 Å². The number of hydrogen-bond donors (Lipinski definition) is 1. The maximum Gasteiger partial charge on any atom is 0.119 e. The summed E-state index contributed by atoms with van der Waals surface area (Å²) < 4.78 is 11.2. The number of benzene rings is 1. The van der Waals surface area contributed by atoms with Crippen molar-refractivity contribution in [1.82, 2.24) is 0 Å². The molecule has 2 rings (SSSR count). The van der Waals surface area contributed by atoms with Crippen LogP contribution in [0.15, 0.2) is 24.3 Å². The molecule has 1 atom stereocenters. The van der Waals surface area contributed by atoms with Crippen LogP contribution in [0.5, 0.6) is 5.75 Å². The second kappa shape index (κ2) is 6.03. The molecular weight excluding hydrogens is 214 g/mol. The summed E-state index contributed by atoms with van der Waals surface area (Å²) in [7, 11) is 1.72. The largest absolute Gasteiger partial charge is 0.493 e. The maximum absolute atomic E-state index is 5.76. The number of nitrogens with two attached hydrogens (primary N) is 1. The fourth-order valence-electron chi connectivity index (χ4n) is 1.88. The van der Waals surface area contributed by atoms with Crippen molar-refractivity contribution in [3.8, 4) is 5.75 Å². The number of rotatable bonds is 7. The Morgan fingerprint density at radius 3 is 2.88 bits per heavy atom. The lowest BCUT2D eigenvalue weighted by atomic mass is 10.1. The average molecular weight is 235 g/mol. The van der Waals surface area contributed by atoms with Crippen molar-refractivity contribution in [2.24, 2.45) is 11.7 Å². The van der Waals surface area contributed by atoms with E-state index in [0.29, 0.717) is 6.54 Å². The van der Waals surface area contributed by atoms with E-state index in [2.05, 4.69) is 12.1 Å². The molecule has 1 saturated carbocycles. The van der Waals surface area contributed by atoms with Gasteiger partial charge in [-0.15, -0.1) is 0 Å². The average Bonchev–Trinajstić information content (AvgIpc) is 3.18. The first-order valence-electron chi connectivity index (χ1n) is 6.29. The maximum atomic E-state index is 5.76. The minimum atomic E-state index is 0.0736. The van der Waals surface area contributed by atoms with Crippen molar-refractivity contribution >= 4 is 0 Å². The van der Waals surface area contributed by atoms with Gasteiger partial charge < -0.3 is 15.2 Å². The van der Waals surface area contributed by atoms with E-state index in [1.54, 1.807) is 7.11 Å². The summed E-state index contributed by atoms with van der Waals surface area (Å²) in [5.74, 6) is 1.72. The molecule has 94 valence electrons. The van der Waals surface area contributed by atoms with Crippen molar-refractivity contribution in [2.75, 3.05) is 20.3 Å². The van der Waals surface area contributed by atoms with Crippen molar-refractivity contribution in [1.29, 1.82) is 0 Å². The molecule has 0 bridgehead atoms. The van der Waals surface area contributed by atoms with Gasteiger partial charge in [0.1, 0.15) is 5.75 Å². The van der Waals surface area contributed by atoms with E-state index in [9.17, 15) is 0 Å². The van der Waals surface area contributed by atoms with Crippen LogP contribution in [0.3, 0.4) is 0 Å². The summed E-state index contributed by atoms with van der Waals surface area (Å²) in [6.07, 6.45) is 3.54. The molecule has 0 amide bonds. The molecule has 3 nitrogen and oxygen atoms in total. The molecule has 17 heavy (non-hydrogen) atoms. The second-order valence-electron chi connectivity index (χ2n) is 4.63. The lowest BCUT2D eigenvalue weighted by Gasteiger charge is -2.15. The normalized spacial score (nSPS) is 16.8. The van der Waals surface area contributed by atoms with Crippen LogP contribution in [-0.4, -0.2) is 20.3 Å². The SMILES string of the molecule is COC(CCN)c1cccc(OCC2CC2)c1. The predicted molar refractivity (Wildman–Crippen MR) is 68.1 cm³/mol. The van der Waals surface area contributed by atoms with Crippen LogP contribution in [-0.2, 0) is 4.74 Å². The van der Waals surface area contributed by atoms with Crippen LogP contribution >= 0.6 is 0 Å². The highest BCUT2D eigenvalue weighted by atomic mass is 16.5. The van der Waals surface area contributed by atoms with Crippen molar-refractivity contribution in [3.05, 3.63) is 29.8 Å². The molecule has 3 heteroatoms. The molecule has 2 N–H and O–H groups in total. The Labute approximate surface area is 103 Å². The van der Waals surface area contributed by atoms with E-state index in [-0.39, 0.29) is 6.10 Å². The van der Waals surface area contributed by atoms with E-state index >= 15 is 0 Å². The fraction of sp³-hybridized carbons (Fsp3) is 0.571. The van der Waals surface area contributed by atoms with Crippen LogP contribution in [0, 0.1) is 5.92 Å². The number of methoxy groups -OCH3 is 1. The van der Waals surface area contributed by atoms with Crippen molar-refractivity contribution < 1.29 is 9.47 Å². The molecule has 0 aliphatic heterocycles. The van der Waals surface area contributed by atoms with Crippen LogP contribution in [0.25, 0.3) is 0 Å². The third-order valence-electron chi connectivity index (χ3n) is 3.13. The molecule has 0 radical (unpaired) electrons. The van der Waals surface area contributed by atoms with Gasteiger partial charge in [0, 0.05) is 7.11 Å². The Morgan fingerprint density at radius 2 is 2.24 bits per heavy atom. The van der Waals surface area contributed by atoms with Gasteiger partial charge in [-0.1, -0.05) is 12.1 Å². The molecule has 1 fully saturated rings. The monoisotopic (exact) mass is 235 g/mol. The lowest BCUT2D eigenvalue weighted by molar-refractivity contribution is 0.0975. The van der Waals surface area contributed by atoms with Gasteiger partial charge in [-0.3, -0.25) is 0 Å². The summed E-state index contributed by atoms with van der Waals surface area (Å²) in [5, 5.41) is 0. The van der Waals surface area contributed by atoms with E-state index in [4.69, 9.17) is 15.2 Å². The van der Waals surface area contributed by atoms with Gasteiger partial charge in [-0.25, -0.2) is 0 Å². The topological polar surface area (TPSA) is 44.5 Å². The minimum absolute atomic E-state index is 0.0736. The summed E-state index contributed by atoms with van der Waals surface area (Å²) in [4.78, 5) is 0. The van der Waals surface area contributed by atoms with Gasteiger partial charge >= 0.3 is 0 Å². The molecule has 0 saturated heterocycles. The van der Waals surface area contributed by atoms with Gasteiger partial charge in [0.2, 0.25) is 0 Å². The standard InChI is InChI=1S/C14H21NO2/c1-16-14(7-8-15)12-3-2-4-13(9-12)17-10-11-5-6-11/h2-4,9,11,14H,5-8,10,15H2,1H3. The number of hydrogen-bond acceptors (Lipinski definition) is 3. The molecule has 0 spiro atoms. The Morgan fingerprint density at radius 1 is 1.41 bits per heavy atom. The van der Waals surface area contributed by atoms with Crippen LogP contribution < -0.4 is 10.5 Å². The summed E-state index contributed by atoms with van der Waals surface area (Å²) in [5.41, 5.74) is 6.72. The van der Waals surface area contributed by atoms with Crippen LogP contribution in [0.1, 0.15) is 30.9 Å². The smallest absolute Gasteiger partial charge is 0.119 e. The summed E-state index contributed by atoms with van der Waals surface area (Å²) in [6, 6.07) is 8.14. The van der Waals surface area contributed by atoms with E-state index < -0.39 is 0 Å². The van der Waals surface area contributed by atoms with E-state index in [1.807, 2.05) is 12.1 Å². The minimum Gasteiger partial charge on any atom is -0.493 e. The first-order valence-corrected chi connectivity index (χ1v) is 6.29. The van der Waals surface area contributed by atoms with Gasteiger partial charge in [0.25, 0.3) is 0 Å². The summed E-state index contributed by atoms with van der Waals surface area (Å²) >= 11 is 0. The first kappa shape index (κ1) is 12.4. The Bertz CT molecular complexity index is 350. The highest BCUT2D eigenvalue weighted by Crippen LogP contribution is 2.30. The predicted octanol–water partition coefficient (Wildman–Crippen LogP) is 2.51. The molecule has 1 unspecified atom stereocenters. The molecule has 1 aliphatic rings. The van der Waals surface area contributed by atoms with Crippen LogP contribution in [0.2, 0.25) is 0 Å². The molecular formula is C14H21NO2. The van der Waals surface area contributed by atoms with Crippen LogP contribution in [0.4, 0.5) is 0 Å². The quantitative estimate of drug-likeness (QED) is 0.789. The van der Waals surface area contributed by atoms with E-state index in [1.165, 1.54) is 12.8 Å².